The van der Waals surface area contributed by atoms with Crippen molar-refractivity contribution in [3.8, 4) is 0 Å². The monoisotopic (exact) mass is 314 g/mol. The molecule has 1 aromatic rings. The summed E-state index contributed by atoms with van der Waals surface area (Å²) in [5.74, 6) is -0.645. The van der Waals surface area contributed by atoms with Crippen LogP contribution >= 0.6 is 0 Å². The summed E-state index contributed by atoms with van der Waals surface area (Å²) in [6.07, 6.45) is 3.15. The highest BCUT2D eigenvalue weighted by Crippen LogP contribution is 2.15. The van der Waals surface area contributed by atoms with E-state index in [1.807, 2.05) is 0 Å². The smallest absolute Gasteiger partial charge is 0.249 e. The minimum absolute atomic E-state index is 0.0391. The standard InChI is InChI=1S/C14H22N2O4S/c1-11-6-7-12(10-13(11)14(15)18)21(19,20)16-8-4-2-3-5-9-17/h6-7,10,16-17H,2-5,8-9H2,1H3,(H2,15,18). The Morgan fingerprint density at radius 1 is 1.24 bits per heavy atom. The number of hydrogen-bond acceptors (Lipinski definition) is 4. The molecule has 0 saturated carbocycles. The fourth-order valence-electron chi connectivity index (χ4n) is 1.91. The highest BCUT2D eigenvalue weighted by molar-refractivity contribution is 7.89. The Kier molecular flexibility index (Phi) is 6.80. The zero-order valence-electron chi connectivity index (χ0n) is 12.1. The van der Waals surface area contributed by atoms with Gasteiger partial charge in [0.2, 0.25) is 15.9 Å². The number of nitrogens with two attached hydrogens (primary N) is 1. The Morgan fingerprint density at radius 2 is 1.90 bits per heavy atom. The molecule has 0 atom stereocenters. The summed E-state index contributed by atoms with van der Waals surface area (Å²) >= 11 is 0. The highest BCUT2D eigenvalue weighted by Gasteiger charge is 2.16. The number of amides is 1. The number of unbranched alkanes of at least 4 members (excludes halogenated alkanes) is 3. The molecule has 0 aliphatic carbocycles. The predicted octanol–water partition coefficient (Wildman–Crippen LogP) is 0.925. The second-order valence-corrected chi connectivity index (χ2v) is 6.64. The van der Waals surface area contributed by atoms with Gasteiger partial charge in [0.15, 0.2) is 0 Å². The highest BCUT2D eigenvalue weighted by atomic mass is 32.2. The van der Waals surface area contributed by atoms with Gasteiger partial charge in [-0.2, -0.15) is 0 Å². The van der Waals surface area contributed by atoms with Gasteiger partial charge in [-0.3, -0.25) is 4.79 Å². The van der Waals surface area contributed by atoms with Crippen LogP contribution in [0.1, 0.15) is 41.6 Å². The number of aliphatic hydroxyl groups is 1. The van der Waals surface area contributed by atoms with E-state index in [2.05, 4.69) is 4.72 Å². The third-order valence-electron chi connectivity index (χ3n) is 3.16. The van der Waals surface area contributed by atoms with Crippen molar-refractivity contribution in [1.82, 2.24) is 4.72 Å². The van der Waals surface area contributed by atoms with Crippen LogP contribution in [-0.4, -0.2) is 32.6 Å². The SMILES string of the molecule is Cc1ccc(S(=O)(=O)NCCCCCCO)cc1C(N)=O. The summed E-state index contributed by atoms with van der Waals surface area (Å²) < 4.78 is 26.7. The van der Waals surface area contributed by atoms with Gasteiger partial charge < -0.3 is 10.8 Å². The van der Waals surface area contributed by atoms with Gasteiger partial charge in [0, 0.05) is 18.7 Å². The molecule has 4 N–H and O–H groups in total. The fraction of sp³-hybridized carbons (Fsp3) is 0.500. The van der Waals surface area contributed by atoms with Gasteiger partial charge in [-0.05, 0) is 37.5 Å². The lowest BCUT2D eigenvalue weighted by Crippen LogP contribution is -2.25. The number of sulfonamides is 1. The average molecular weight is 314 g/mol. The van der Waals surface area contributed by atoms with Crippen molar-refractivity contribution in [2.45, 2.75) is 37.5 Å². The van der Waals surface area contributed by atoms with Crippen LogP contribution in [-0.2, 0) is 10.0 Å². The third kappa shape index (κ3) is 5.45. The van der Waals surface area contributed by atoms with Gasteiger partial charge in [-0.15, -0.1) is 0 Å². The molecule has 7 heteroatoms. The van der Waals surface area contributed by atoms with Crippen molar-refractivity contribution in [3.05, 3.63) is 29.3 Å². The van der Waals surface area contributed by atoms with Gasteiger partial charge in [0.1, 0.15) is 0 Å². The first-order chi connectivity index (χ1) is 9.88. The van der Waals surface area contributed by atoms with Gasteiger partial charge in [-0.25, -0.2) is 13.1 Å². The first kappa shape index (κ1) is 17.6. The third-order valence-corrected chi connectivity index (χ3v) is 4.62. The number of carbonyl (C=O) groups is 1. The lowest BCUT2D eigenvalue weighted by Gasteiger charge is -2.09. The molecule has 1 rings (SSSR count). The van der Waals surface area contributed by atoms with Crippen molar-refractivity contribution in [3.63, 3.8) is 0 Å². The number of hydrogen-bond donors (Lipinski definition) is 3. The van der Waals surface area contributed by atoms with Gasteiger partial charge in [0.05, 0.1) is 4.90 Å². The molecule has 1 aromatic carbocycles. The predicted molar refractivity (Wildman–Crippen MR) is 80.4 cm³/mol. The van der Waals surface area contributed by atoms with E-state index < -0.39 is 15.9 Å². The number of primary amides is 1. The van der Waals surface area contributed by atoms with E-state index in [9.17, 15) is 13.2 Å². The summed E-state index contributed by atoms with van der Waals surface area (Å²) in [5.41, 5.74) is 6.07. The van der Waals surface area contributed by atoms with E-state index in [0.717, 1.165) is 19.3 Å². The molecule has 0 radical (unpaired) electrons. The zero-order valence-corrected chi connectivity index (χ0v) is 12.9. The first-order valence-electron chi connectivity index (χ1n) is 6.89. The number of aliphatic hydroxyl groups excluding tert-OH is 1. The summed E-state index contributed by atoms with van der Waals surface area (Å²) in [7, 11) is -3.63. The van der Waals surface area contributed by atoms with Crippen LogP contribution in [0.5, 0.6) is 0 Å². The summed E-state index contributed by atoms with van der Waals surface area (Å²) in [5, 5.41) is 8.64. The molecule has 0 heterocycles. The molecule has 0 bridgehead atoms. The van der Waals surface area contributed by atoms with Gasteiger partial charge in [-0.1, -0.05) is 18.9 Å². The summed E-state index contributed by atoms with van der Waals surface area (Å²) in [4.78, 5) is 11.3. The fourth-order valence-corrected chi connectivity index (χ4v) is 3.01. The largest absolute Gasteiger partial charge is 0.396 e. The Morgan fingerprint density at radius 3 is 2.52 bits per heavy atom. The molecule has 0 aromatic heterocycles. The maximum absolute atomic E-state index is 12.1. The van der Waals surface area contributed by atoms with Gasteiger partial charge >= 0.3 is 0 Å². The van der Waals surface area contributed by atoms with Crippen LogP contribution < -0.4 is 10.5 Å². The van der Waals surface area contributed by atoms with Crippen molar-refractivity contribution in [2.24, 2.45) is 5.73 Å². The number of benzene rings is 1. The number of rotatable bonds is 9. The second-order valence-electron chi connectivity index (χ2n) is 4.88. The van der Waals surface area contributed by atoms with Crippen LogP contribution in [0.25, 0.3) is 0 Å². The molecule has 0 aliphatic rings. The molecular formula is C14H22N2O4S. The molecule has 0 spiro atoms. The molecule has 21 heavy (non-hydrogen) atoms. The number of aryl methyl sites for hydroxylation is 1. The maximum Gasteiger partial charge on any atom is 0.249 e. The van der Waals surface area contributed by atoms with Crippen LogP contribution in [0, 0.1) is 6.92 Å². The van der Waals surface area contributed by atoms with E-state index in [1.165, 1.54) is 12.1 Å². The summed E-state index contributed by atoms with van der Waals surface area (Å²) in [6.45, 7) is 2.18. The van der Waals surface area contributed by atoms with Crippen LogP contribution in [0.2, 0.25) is 0 Å². The maximum atomic E-state index is 12.1. The molecular weight excluding hydrogens is 292 g/mol. The quantitative estimate of drug-likeness (QED) is 0.589. The number of nitrogens with one attached hydrogen (secondary N) is 1. The lowest BCUT2D eigenvalue weighted by molar-refractivity contribution is 0.0999. The number of carbonyl (C=O) groups excluding carboxylic acids is 1. The molecule has 0 aliphatic heterocycles. The minimum Gasteiger partial charge on any atom is -0.396 e. The van der Waals surface area contributed by atoms with E-state index in [0.29, 0.717) is 18.5 Å². The molecule has 1 amide bonds. The molecule has 0 saturated heterocycles. The Hall–Kier alpha value is -1.44. The second kappa shape index (κ2) is 8.11. The van der Waals surface area contributed by atoms with Crippen LogP contribution in [0.4, 0.5) is 0 Å². The van der Waals surface area contributed by atoms with Crippen molar-refractivity contribution in [1.29, 1.82) is 0 Å². The van der Waals surface area contributed by atoms with E-state index >= 15 is 0 Å². The van der Waals surface area contributed by atoms with E-state index in [-0.39, 0.29) is 17.1 Å². The normalized spacial score (nSPS) is 11.5. The molecule has 6 nitrogen and oxygen atoms in total. The van der Waals surface area contributed by atoms with Crippen LogP contribution in [0.15, 0.2) is 23.1 Å². The average Bonchev–Trinajstić information content (AvgIpc) is 2.42. The summed E-state index contributed by atoms with van der Waals surface area (Å²) in [6, 6.07) is 4.32. The molecule has 0 fully saturated rings. The Bertz CT molecular complexity index is 585. The topological polar surface area (TPSA) is 109 Å². The minimum atomic E-state index is -3.63. The van der Waals surface area contributed by atoms with E-state index in [4.69, 9.17) is 10.8 Å². The van der Waals surface area contributed by atoms with Crippen LogP contribution in [0.3, 0.4) is 0 Å². The zero-order chi connectivity index (χ0) is 15.9. The van der Waals surface area contributed by atoms with Crippen molar-refractivity contribution in [2.75, 3.05) is 13.2 Å². The Labute approximate surface area is 125 Å². The molecule has 118 valence electrons. The van der Waals surface area contributed by atoms with E-state index in [1.54, 1.807) is 13.0 Å². The van der Waals surface area contributed by atoms with Crippen molar-refractivity contribution < 1.29 is 18.3 Å². The van der Waals surface area contributed by atoms with Gasteiger partial charge in [0.25, 0.3) is 0 Å². The Balaban J connectivity index is 2.66. The first-order valence-corrected chi connectivity index (χ1v) is 8.38. The van der Waals surface area contributed by atoms with Crippen molar-refractivity contribution >= 4 is 15.9 Å². The lowest BCUT2D eigenvalue weighted by atomic mass is 10.1. The molecule has 0 unspecified atom stereocenters.